The van der Waals surface area contributed by atoms with Gasteiger partial charge in [0.2, 0.25) is 5.91 Å². The van der Waals surface area contributed by atoms with Crippen LogP contribution in [0.2, 0.25) is 0 Å². The second-order valence-electron chi connectivity index (χ2n) is 7.67. The van der Waals surface area contributed by atoms with E-state index in [-0.39, 0.29) is 17.5 Å². The maximum atomic E-state index is 13.5. The lowest BCUT2D eigenvalue weighted by Gasteiger charge is -2.34. The van der Waals surface area contributed by atoms with Crippen molar-refractivity contribution in [2.75, 3.05) is 4.90 Å². The number of hydrogen-bond donors (Lipinski definition) is 1. The van der Waals surface area contributed by atoms with Gasteiger partial charge in [0.15, 0.2) is 5.69 Å². The van der Waals surface area contributed by atoms with Gasteiger partial charge >= 0.3 is 0 Å². The molecule has 2 aromatic heterocycles. The van der Waals surface area contributed by atoms with Crippen molar-refractivity contribution in [3.8, 4) is 0 Å². The molecular weight excluding hydrogens is 386 g/mol. The predicted octanol–water partition coefficient (Wildman–Crippen LogP) is 3.54. The van der Waals surface area contributed by atoms with Crippen LogP contribution in [0.1, 0.15) is 48.4 Å². The number of aromatic nitrogens is 3. The van der Waals surface area contributed by atoms with E-state index >= 15 is 0 Å². The van der Waals surface area contributed by atoms with Crippen molar-refractivity contribution in [2.24, 2.45) is 0 Å². The Kier molecular flexibility index (Phi) is 6.03. The molecule has 29 heavy (non-hydrogen) atoms. The highest BCUT2D eigenvalue weighted by Crippen LogP contribution is 2.32. The van der Waals surface area contributed by atoms with Crippen LogP contribution in [-0.4, -0.2) is 31.9 Å². The lowest BCUT2D eigenvalue weighted by Crippen LogP contribution is -2.49. The topological polar surface area (TPSA) is 88.1 Å². The highest BCUT2D eigenvalue weighted by atomic mass is 32.1. The molecule has 0 saturated heterocycles. The highest BCUT2D eigenvalue weighted by molar-refractivity contribution is 7.03. The van der Waals surface area contributed by atoms with Gasteiger partial charge in [0.1, 0.15) is 6.04 Å². The quantitative estimate of drug-likeness (QED) is 0.696. The Hall–Kier alpha value is -3.13. The zero-order valence-electron chi connectivity index (χ0n) is 16.8. The Balaban J connectivity index is 2.18. The fourth-order valence-corrected chi connectivity index (χ4v) is 3.41. The van der Waals surface area contributed by atoms with Crippen molar-refractivity contribution in [1.29, 1.82) is 0 Å². The average Bonchev–Trinajstić information content (AvgIpc) is 3.20. The number of nitrogens with zero attached hydrogens (tertiary/aromatic N) is 4. The number of nitrogens with one attached hydrogen (secondary N) is 1. The second kappa shape index (κ2) is 8.48. The largest absolute Gasteiger partial charge is 0.349 e. The maximum Gasteiger partial charge on any atom is 0.280 e. The first-order valence-corrected chi connectivity index (χ1v) is 10.00. The summed E-state index contributed by atoms with van der Waals surface area (Å²) in [5.74, 6) is -0.678. The predicted molar refractivity (Wildman–Crippen MR) is 113 cm³/mol. The van der Waals surface area contributed by atoms with Crippen molar-refractivity contribution < 1.29 is 9.59 Å². The molecule has 1 N–H and O–H groups in total. The van der Waals surface area contributed by atoms with Gasteiger partial charge in [-0.05, 0) is 68.6 Å². The molecule has 0 saturated carbocycles. The lowest BCUT2D eigenvalue weighted by atomic mass is 10.0. The molecule has 8 heteroatoms. The minimum atomic E-state index is -0.896. The van der Waals surface area contributed by atoms with Crippen LogP contribution in [0.25, 0.3) is 0 Å². The summed E-state index contributed by atoms with van der Waals surface area (Å²) in [7, 11) is 0. The zero-order chi connectivity index (χ0) is 21.0. The molecule has 0 aliphatic carbocycles. The number of para-hydroxylation sites is 1. The Morgan fingerprint density at radius 1 is 1.10 bits per heavy atom. The Morgan fingerprint density at radius 2 is 1.79 bits per heavy atom. The number of carbonyl (C=O) groups excluding carboxylic acids is 2. The van der Waals surface area contributed by atoms with E-state index in [0.29, 0.717) is 11.3 Å². The van der Waals surface area contributed by atoms with E-state index in [4.69, 9.17) is 0 Å². The molecule has 0 radical (unpaired) electrons. The van der Waals surface area contributed by atoms with Crippen molar-refractivity contribution >= 4 is 29.0 Å². The van der Waals surface area contributed by atoms with E-state index in [1.54, 1.807) is 29.9 Å². The molecule has 0 fully saturated rings. The van der Waals surface area contributed by atoms with Crippen molar-refractivity contribution in [3.05, 3.63) is 71.0 Å². The third kappa shape index (κ3) is 4.83. The van der Waals surface area contributed by atoms with Gasteiger partial charge in [0.05, 0.1) is 0 Å². The van der Waals surface area contributed by atoms with Crippen LogP contribution < -0.4 is 10.2 Å². The first kappa shape index (κ1) is 20.6. The fourth-order valence-electron chi connectivity index (χ4n) is 2.98. The Bertz CT molecular complexity index is 984. The summed E-state index contributed by atoms with van der Waals surface area (Å²) < 4.78 is 3.81. The normalized spacial score (nSPS) is 12.3. The molecule has 2 heterocycles. The van der Waals surface area contributed by atoms with Crippen LogP contribution in [0, 0.1) is 6.92 Å². The van der Waals surface area contributed by atoms with Crippen molar-refractivity contribution in [1.82, 2.24) is 19.9 Å². The summed E-state index contributed by atoms with van der Waals surface area (Å²) in [5, 5.41) is 8.52. The van der Waals surface area contributed by atoms with Crippen LogP contribution in [-0.2, 0) is 4.79 Å². The number of amides is 2. The van der Waals surface area contributed by atoms with Crippen LogP contribution in [0.3, 0.4) is 0 Å². The molecule has 2 amide bonds. The molecule has 150 valence electrons. The standard InChI is InChI=1S/C21H23N5O2S/c1-14-7-5-6-8-17(14)26(20(28)16-13-29-25-24-16)18(15-9-11-22-12-10-15)19(27)23-21(2,3)4/h5-13,18H,1-4H3,(H,23,27)/t18-/m1/s1. The molecule has 7 nitrogen and oxygen atoms in total. The summed E-state index contributed by atoms with van der Waals surface area (Å²) in [6.45, 7) is 7.61. The first-order chi connectivity index (χ1) is 13.8. The number of rotatable bonds is 5. The first-order valence-electron chi connectivity index (χ1n) is 9.16. The summed E-state index contributed by atoms with van der Waals surface area (Å²) in [6.07, 6.45) is 3.22. The third-order valence-corrected chi connectivity index (χ3v) is 4.70. The number of benzene rings is 1. The van der Waals surface area contributed by atoms with Gasteiger partial charge in [-0.3, -0.25) is 19.5 Å². The molecule has 0 bridgehead atoms. The summed E-state index contributed by atoms with van der Waals surface area (Å²) in [4.78, 5) is 32.4. The molecule has 1 atom stereocenters. The Labute approximate surface area is 174 Å². The minimum Gasteiger partial charge on any atom is -0.349 e. The van der Waals surface area contributed by atoms with Gasteiger partial charge in [0.25, 0.3) is 5.91 Å². The molecule has 3 aromatic rings. The smallest absolute Gasteiger partial charge is 0.280 e. The van der Waals surface area contributed by atoms with E-state index in [1.165, 1.54) is 4.90 Å². The van der Waals surface area contributed by atoms with E-state index in [1.807, 2.05) is 52.0 Å². The summed E-state index contributed by atoms with van der Waals surface area (Å²) >= 11 is 1.09. The summed E-state index contributed by atoms with van der Waals surface area (Å²) in [6, 6.07) is 10.0. The molecule has 3 rings (SSSR count). The van der Waals surface area contributed by atoms with Gasteiger partial charge in [-0.2, -0.15) is 0 Å². The van der Waals surface area contributed by atoms with Crippen LogP contribution in [0.4, 0.5) is 5.69 Å². The maximum absolute atomic E-state index is 13.5. The van der Waals surface area contributed by atoms with E-state index in [2.05, 4.69) is 19.9 Å². The van der Waals surface area contributed by atoms with E-state index in [9.17, 15) is 9.59 Å². The van der Waals surface area contributed by atoms with Gasteiger partial charge in [0, 0.05) is 29.0 Å². The Morgan fingerprint density at radius 3 is 2.38 bits per heavy atom. The monoisotopic (exact) mass is 409 g/mol. The number of carbonyl (C=O) groups is 2. The fraction of sp³-hybridized carbons (Fsp3) is 0.286. The number of anilines is 1. The van der Waals surface area contributed by atoms with Gasteiger partial charge < -0.3 is 5.32 Å². The van der Waals surface area contributed by atoms with Crippen LogP contribution in [0.15, 0.2) is 54.2 Å². The van der Waals surface area contributed by atoms with Crippen LogP contribution >= 0.6 is 11.5 Å². The van der Waals surface area contributed by atoms with E-state index < -0.39 is 11.6 Å². The number of pyridine rings is 1. The zero-order valence-corrected chi connectivity index (χ0v) is 17.6. The van der Waals surface area contributed by atoms with Crippen molar-refractivity contribution in [3.63, 3.8) is 0 Å². The van der Waals surface area contributed by atoms with Gasteiger partial charge in [-0.15, -0.1) is 5.10 Å². The highest BCUT2D eigenvalue weighted by Gasteiger charge is 2.36. The molecule has 0 aliphatic heterocycles. The molecule has 0 spiro atoms. The van der Waals surface area contributed by atoms with Crippen LogP contribution in [0.5, 0.6) is 0 Å². The molecule has 0 unspecified atom stereocenters. The summed E-state index contributed by atoms with van der Waals surface area (Å²) in [5.41, 5.74) is 1.88. The van der Waals surface area contributed by atoms with Gasteiger partial charge in [-0.1, -0.05) is 22.7 Å². The van der Waals surface area contributed by atoms with Crippen molar-refractivity contribution in [2.45, 2.75) is 39.3 Å². The lowest BCUT2D eigenvalue weighted by molar-refractivity contribution is -0.123. The number of aryl methyl sites for hydroxylation is 1. The molecular formula is C21H23N5O2S. The average molecular weight is 410 g/mol. The number of hydrogen-bond acceptors (Lipinski definition) is 6. The van der Waals surface area contributed by atoms with E-state index in [0.717, 1.165) is 17.1 Å². The third-order valence-electron chi connectivity index (χ3n) is 4.20. The molecule has 1 aromatic carbocycles. The molecule has 0 aliphatic rings. The SMILES string of the molecule is Cc1ccccc1N(C(=O)c1csnn1)[C@@H](C(=O)NC(C)(C)C)c1ccncc1. The second-order valence-corrected chi connectivity index (χ2v) is 8.28. The van der Waals surface area contributed by atoms with Gasteiger partial charge in [-0.25, -0.2) is 0 Å². The minimum absolute atomic E-state index is 0.195.